The first kappa shape index (κ1) is 15.8. The van der Waals surface area contributed by atoms with Gasteiger partial charge in [0.15, 0.2) is 5.11 Å². The van der Waals surface area contributed by atoms with E-state index in [-0.39, 0.29) is 10.8 Å². The highest BCUT2D eigenvalue weighted by Gasteiger charge is 2.30. The topological polar surface area (TPSA) is 47.9 Å². The Morgan fingerprint density at radius 3 is 2.18 bits per heavy atom. The van der Waals surface area contributed by atoms with Gasteiger partial charge in [-0.25, -0.2) is 0 Å². The Labute approximate surface area is 130 Å². The molecule has 0 aliphatic carbocycles. The molecular formula is C15H10F3N3S. The van der Waals surface area contributed by atoms with E-state index in [1.165, 1.54) is 12.1 Å². The molecule has 0 saturated heterocycles. The monoisotopic (exact) mass is 321 g/mol. The van der Waals surface area contributed by atoms with Crippen molar-refractivity contribution in [3.63, 3.8) is 0 Å². The minimum Gasteiger partial charge on any atom is -0.332 e. The minimum atomic E-state index is -4.41. The van der Waals surface area contributed by atoms with Crippen molar-refractivity contribution in [2.45, 2.75) is 6.18 Å². The Morgan fingerprint density at radius 2 is 1.59 bits per heavy atom. The van der Waals surface area contributed by atoms with Gasteiger partial charge in [0.2, 0.25) is 0 Å². The van der Waals surface area contributed by atoms with Gasteiger partial charge in [0, 0.05) is 11.4 Å². The normalized spacial score (nSPS) is 10.6. The second kappa shape index (κ2) is 6.45. The third-order valence-electron chi connectivity index (χ3n) is 2.70. The fraction of sp³-hybridized carbons (Fsp3) is 0.0667. The first-order valence-corrected chi connectivity index (χ1v) is 6.55. The van der Waals surface area contributed by atoms with Gasteiger partial charge in [-0.3, -0.25) is 0 Å². The molecule has 0 aliphatic rings. The lowest BCUT2D eigenvalue weighted by Gasteiger charge is -2.12. The summed E-state index contributed by atoms with van der Waals surface area (Å²) in [6.45, 7) is 0. The van der Waals surface area contributed by atoms with Gasteiger partial charge in [0.05, 0.1) is 17.2 Å². The van der Waals surface area contributed by atoms with Crippen molar-refractivity contribution in [1.82, 2.24) is 0 Å². The number of hydrogen-bond acceptors (Lipinski definition) is 2. The molecule has 22 heavy (non-hydrogen) atoms. The molecule has 0 radical (unpaired) electrons. The van der Waals surface area contributed by atoms with E-state index in [0.717, 1.165) is 12.1 Å². The van der Waals surface area contributed by atoms with Crippen LogP contribution in [0.5, 0.6) is 0 Å². The van der Waals surface area contributed by atoms with Gasteiger partial charge in [-0.1, -0.05) is 12.1 Å². The molecule has 0 atom stereocenters. The quantitative estimate of drug-likeness (QED) is 0.806. The average molecular weight is 321 g/mol. The predicted octanol–water partition coefficient (Wildman–Crippen LogP) is 4.39. The molecular weight excluding hydrogens is 311 g/mol. The van der Waals surface area contributed by atoms with Gasteiger partial charge in [0.25, 0.3) is 0 Å². The van der Waals surface area contributed by atoms with Gasteiger partial charge in [-0.2, -0.15) is 18.4 Å². The fourth-order valence-electron chi connectivity index (χ4n) is 1.73. The second-order valence-corrected chi connectivity index (χ2v) is 4.76. The largest absolute Gasteiger partial charge is 0.416 e. The van der Waals surface area contributed by atoms with Crippen LogP contribution >= 0.6 is 12.2 Å². The summed E-state index contributed by atoms with van der Waals surface area (Å²) in [4.78, 5) is 0. The maximum absolute atomic E-state index is 12.6. The average Bonchev–Trinajstić information content (AvgIpc) is 2.46. The highest BCUT2D eigenvalue weighted by Crippen LogP contribution is 2.30. The molecule has 7 heteroatoms. The Kier molecular flexibility index (Phi) is 4.63. The van der Waals surface area contributed by atoms with E-state index >= 15 is 0 Å². The number of nitrogens with one attached hydrogen (secondary N) is 2. The summed E-state index contributed by atoms with van der Waals surface area (Å²) >= 11 is 5.05. The number of hydrogen-bond donors (Lipinski definition) is 2. The van der Waals surface area contributed by atoms with Crippen LogP contribution in [0.25, 0.3) is 0 Å². The standard InChI is InChI=1S/C15H10F3N3S/c16-15(17,18)11-4-2-6-13(8-11)21-14(22)20-12-5-1-3-10(7-12)9-19/h1-8H,(H2,20,21,22). The molecule has 0 aliphatic heterocycles. The molecule has 2 aromatic rings. The van der Waals surface area contributed by atoms with Crippen LogP contribution in [-0.4, -0.2) is 5.11 Å². The van der Waals surface area contributed by atoms with Crippen molar-refractivity contribution in [2.75, 3.05) is 10.6 Å². The van der Waals surface area contributed by atoms with Gasteiger partial charge >= 0.3 is 6.18 Å². The maximum Gasteiger partial charge on any atom is 0.416 e. The first-order chi connectivity index (χ1) is 10.4. The Hall–Kier alpha value is -2.59. The van der Waals surface area contributed by atoms with Crippen molar-refractivity contribution < 1.29 is 13.2 Å². The van der Waals surface area contributed by atoms with Gasteiger partial charge in [0.1, 0.15) is 0 Å². The van der Waals surface area contributed by atoms with E-state index in [2.05, 4.69) is 10.6 Å². The Morgan fingerprint density at radius 1 is 1.00 bits per heavy atom. The predicted molar refractivity (Wildman–Crippen MR) is 82.4 cm³/mol. The number of rotatable bonds is 2. The van der Waals surface area contributed by atoms with Crippen molar-refractivity contribution in [3.05, 3.63) is 59.7 Å². The fourth-order valence-corrected chi connectivity index (χ4v) is 1.97. The molecule has 0 spiro atoms. The van der Waals surface area contributed by atoms with Gasteiger partial charge < -0.3 is 10.6 Å². The van der Waals surface area contributed by atoms with Crippen molar-refractivity contribution in [2.24, 2.45) is 0 Å². The summed E-state index contributed by atoms with van der Waals surface area (Å²) in [6.07, 6.45) is -4.41. The zero-order valence-electron chi connectivity index (χ0n) is 11.1. The molecule has 2 aromatic carbocycles. The molecule has 112 valence electrons. The highest BCUT2D eigenvalue weighted by molar-refractivity contribution is 7.80. The lowest BCUT2D eigenvalue weighted by atomic mass is 10.2. The smallest absolute Gasteiger partial charge is 0.332 e. The Balaban J connectivity index is 2.08. The van der Waals surface area contributed by atoms with Crippen LogP contribution < -0.4 is 10.6 Å². The summed E-state index contributed by atoms with van der Waals surface area (Å²) < 4.78 is 37.9. The van der Waals surface area contributed by atoms with Crippen molar-refractivity contribution in [3.8, 4) is 6.07 Å². The minimum absolute atomic E-state index is 0.134. The molecule has 0 heterocycles. The van der Waals surface area contributed by atoms with Crippen LogP contribution in [0.2, 0.25) is 0 Å². The first-order valence-electron chi connectivity index (χ1n) is 6.14. The third-order valence-corrected chi connectivity index (χ3v) is 2.90. The third kappa shape index (κ3) is 4.20. The molecule has 2 N–H and O–H groups in total. The zero-order valence-corrected chi connectivity index (χ0v) is 11.9. The van der Waals surface area contributed by atoms with E-state index in [1.807, 2.05) is 6.07 Å². The number of thiocarbonyl (C=S) groups is 1. The molecule has 0 saturated carbocycles. The molecule has 3 nitrogen and oxygen atoms in total. The van der Waals surface area contributed by atoms with Crippen molar-refractivity contribution >= 4 is 28.7 Å². The number of benzene rings is 2. The summed E-state index contributed by atoms with van der Waals surface area (Å²) in [6, 6.07) is 13.3. The van der Waals surface area contributed by atoms with Crippen LogP contribution in [0.15, 0.2) is 48.5 Å². The number of anilines is 2. The molecule has 0 unspecified atom stereocenters. The zero-order chi connectivity index (χ0) is 16.2. The SMILES string of the molecule is N#Cc1cccc(NC(=S)Nc2cccc(C(F)(F)F)c2)c1. The lowest BCUT2D eigenvalue weighted by molar-refractivity contribution is -0.137. The Bertz CT molecular complexity index is 735. The van der Waals surface area contributed by atoms with E-state index < -0.39 is 11.7 Å². The molecule has 0 amide bonds. The van der Waals surface area contributed by atoms with E-state index in [4.69, 9.17) is 17.5 Å². The van der Waals surface area contributed by atoms with Gasteiger partial charge in [-0.15, -0.1) is 0 Å². The molecule has 0 bridgehead atoms. The number of nitriles is 1. The van der Waals surface area contributed by atoms with E-state index in [0.29, 0.717) is 11.3 Å². The summed E-state index contributed by atoms with van der Waals surface area (Å²) in [5.41, 5.74) is 0.492. The number of alkyl halides is 3. The van der Waals surface area contributed by atoms with Crippen molar-refractivity contribution in [1.29, 1.82) is 5.26 Å². The summed E-state index contributed by atoms with van der Waals surface area (Å²) in [7, 11) is 0. The van der Waals surface area contributed by atoms with Gasteiger partial charge in [-0.05, 0) is 48.6 Å². The molecule has 2 rings (SSSR count). The number of nitrogens with zero attached hydrogens (tertiary/aromatic N) is 1. The second-order valence-electron chi connectivity index (χ2n) is 4.35. The van der Waals surface area contributed by atoms with Crippen LogP contribution in [0.1, 0.15) is 11.1 Å². The lowest BCUT2D eigenvalue weighted by Crippen LogP contribution is -2.19. The summed E-state index contributed by atoms with van der Waals surface area (Å²) in [5, 5.41) is 14.4. The maximum atomic E-state index is 12.6. The van der Waals surface area contributed by atoms with Crippen LogP contribution in [0.3, 0.4) is 0 Å². The van der Waals surface area contributed by atoms with E-state index in [1.54, 1.807) is 24.3 Å². The van der Waals surface area contributed by atoms with Crippen LogP contribution in [-0.2, 0) is 6.18 Å². The van der Waals surface area contributed by atoms with Crippen LogP contribution in [0.4, 0.5) is 24.5 Å². The molecule has 0 fully saturated rings. The summed E-state index contributed by atoms with van der Waals surface area (Å²) in [5.74, 6) is 0. The highest BCUT2D eigenvalue weighted by atomic mass is 32.1. The van der Waals surface area contributed by atoms with Crippen LogP contribution in [0, 0.1) is 11.3 Å². The molecule has 0 aromatic heterocycles. The van der Waals surface area contributed by atoms with E-state index in [9.17, 15) is 13.2 Å². The number of halogens is 3.